The third-order valence-electron chi connectivity index (χ3n) is 10.2. The van der Waals surface area contributed by atoms with Crippen LogP contribution in [-0.4, -0.2) is 9.13 Å². The second-order valence-corrected chi connectivity index (χ2v) is 12.5. The Labute approximate surface area is 265 Å². The lowest BCUT2D eigenvalue weighted by atomic mass is 10.0. The van der Waals surface area contributed by atoms with Crippen LogP contribution in [0.2, 0.25) is 0 Å². The second kappa shape index (κ2) is 8.74. The van der Waals surface area contributed by atoms with Crippen molar-refractivity contribution in [1.82, 2.24) is 9.13 Å². The van der Waals surface area contributed by atoms with E-state index in [0.717, 1.165) is 11.4 Å². The van der Waals surface area contributed by atoms with E-state index >= 15 is 0 Å². The van der Waals surface area contributed by atoms with Gasteiger partial charge in [0, 0.05) is 38.5 Å². The number of benzene rings is 8. The van der Waals surface area contributed by atoms with E-state index in [1.54, 1.807) is 0 Å². The first kappa shape index (κ1) is 24.2. The molecule has 0 bridgehead atoms. The van der Waals surface area contributed by atoms with Crippen molar-refractivity contribution in [2.24, 2.45) is 0 Å². The molecule has 2 heterocycles. The molecule has 212 valence electrons. The molecule has 0 radical (unpaired) electrons. The van der Waals surface area contributed by atoms with E-state index in [2.05, 4.69) is 167 Å². The Morgan fingerprint density at radius 1 is 0.326 bits per heavy atom. The van der Waals surface area contributed by atoms with Gasteiger partial charge in [-0.25, -0.2) is 0 Å². The topological polar surface area (TPSA) is 9.86 Å². The van der Waals surface area contributed by atoms with E-state index in [-0.39, 0.29) is 0 Å². The fourth-order valence-corrected chi connectivity index (χ4v) is 8.28. The van der Waals surface area contributed by atoms with Crippen LogP contribution >= 0.6 is 0 Å². The summed E-state index contributed by atoms with van der Waals surface area (Å²) in [4.78, 5) is 0. The molecule has 8 aromatic carbocycles. The van der Waals surface area contributed by atoms with Crippen LogP contribution in [-0.2, 0) is 0 Å². The van der Waals surface area contributed by atoms with Crippen molar-refractivity contribution in [2.75, 3.05) is 0 Å². The van der Waals surface area contributed by atoms with Gasteiger partial charge in [0.25, 0.3) is 0 Å². The SMILES string of the molecule is c1ccc2cc3c(cc2c1)c1ccccc1n3-c1ccc(-n2c3ccccc3c3ccc4c(c32)-c2cccc3cccc-4c23)cc1. The van der Waals surface area contributed by atoms with Crippen molar-refractivity contribution in [1.29, 1.82) is 0 Å². The zero-order valence-electron chi connectivity index (χ0n) is 24.9. The van der Waals surface area contributed by atoms with Crippen LogP contribution in [0.3, 0.4) is 0 Å². The molecular formula is C44H26N2. The maximum atomic E-state index is 2.48. The minimum absolute atomic E-state index is 1.16. The van der Waals surface area contributed by atoms with Gasteiger partial charge < -0.3 is 9.13 Å². The molecule has 0 atom stereocenters. The molecule has 0 fully saturated rings. The van der Waals surface area contributed by atoms with Crippen LogP contribution in [0.5, 0.6) is 0 Å². The Balaban J connectivity index is 1.18. The molecule has 2 heteroatoms. The normalized spacial score (nSPS) is 12.3. The summed E-state index contributed by atoms with van der Waals surface area (Å²) in [5.74, 6) is 0. The number of hydrogen-bond donors (Lipinski definition) is 0. The number of nitrogens with zero attached hydrogens (tertiary/aromatic N) is 2. The lowest BCUT2D eigenvalue weighted by molar-refractivity contribution is 1.15. The summed E-state index contributed by atoms with van der Waals surface area (Å²) in [5.41, 5.74) is 12.6. The minimum Gasteiger partial charge on any atom is -0.309 e. The van der Waals surface area contributed by atoms with Gasteiger partial charge in [-0.05, 0) is 86.8 Å². The molecule has 0 N–H and O–H groups in total. The van der Waals surface area contributed by atoms with Crippen molar-refractivity contribution >= 4 is 65.2 Å². The highest BCUT2D eigenvalue weighted by molar-refractivity contribution is 6.24. The maximum Gasteiger partial charge on any atom is 0.0625 e. The average molecular weight is 583 g/mol. The fraction of sp³-hybridized carbons (Fsp3) is 0. The summed E-state index contributed by atoms with van der Waals surface area (Å²) < 4.78 is 4.90. The molecule has 2 aromatic heterocycles. The molecule has 11 rings (SSSR count). The molecule has 10 aromatic rings. The number of hydrogen-bond acceptors (Lipinski definition) is 0. The Kier molecular flexibility index (Phi) is 4.61. The van der Waals surface area contributed by atoms with Gasteiger partial charge in [-0.3, -0.25) is 0 Å². The van der Waals surface area contributed by atoms with Gasteiger partial charge in [-0.15, -0.1) is 0 Å². The van der Waals surface area contributed by atoms with E-state index in [1.165, 1.54) is 87.4 Å². The lowest BCUT2D eigenvalue weighted by Crippen LogP contribution is -1.98. The van der Waals surface area contributed by atoms with Crippen LogP contribution in [0.15, 0.2) is 158 Å². The molecule has 2 nitrogen and oxygen atoms in total. The smallest absolute Gasteiger partial charge is 0.0625 e. The van der Waals surface area contributed by atoms with E-state index in [4.69, 9.17) is 0 Å². The predicted molar refractivity (Wildman–Crippen MR) is 195 cm³/mol. The molecule has 1 aliphatic rings. The number of rotatable bonds is 2. The van der Waals surface area contributed by atoms with Gasteiger partial charge in [0.1, 0.15) is 0 Å². The fourth-order valence-electron chi connectivity index (χ4n) is 8.28. The van der Waals surface area contributed by atoms with Gasteiger partial charge in [0.2, 0.25) is 0 Å². The van der Waals surface area contributed by atoms with Crippen molar-refractivity contribution in [3.05, 3.63) is 158 Å². The van der Waals surface area contributed by atoms with E-state index in [0.29, 0.717) is 0 Å². The summed E-state index contributed by atoms with van der Waals surface area (Å²) in [5, 5.41) is 10.3. The molecule has 0 unspecified atom stereocenters. The van der Waals surface area contributed by atoms with Crippen molar-refractivity contribution in [3.63, 3.8) is 0 Å². The average Bonchev–Trinajstić information content (AvgIpc) is 3.74. The quantitative estimate of drug-likeness (QED) is 0.192. The third kappa shape index (κ3) is 3.05. The summed E-state index contributed by atoms with van der Waals surface area (Å²) in [6, 6.07) is 58.2. The lowest BCUT2D eigenvalue weighted by Gasteiger charge is -2.14. The van der Waals surface area contributed by atoms with Gasteiger partial charge in [-0.1, -0.05) is 109 Å². The van der Waals surface area contributed by atoms with Crippen molar-refractivity contribution in [3.8, 4) is 33.6 Å². The summed E-state index contributed by atoms with van der Waals surface area (Å²) in [6.45, 7) is 0. The Bertz CT molecular complexity index is 2890. The molecule has 0 amide bonds. The van der Waals surface area contributed by atoms with Crippen LogP contribution in [0.25, 0.3) is 98.8 Å². The molecule has 1 aliphatic carbocycles. The first-order valence-corrected chi connectivity index (χ1v) is 15.9. The molecule has 0 saturated carbocycles. The van der Waals surface area contributed by atoms with Gasteiger partial charge in [0.05, 0.1) is 22.1 Å². The third-order valence-corrected chi connectivity index (χ3v) is 10.2. The Hall–Kier alpha value is -6.12. The van der Waals surface area contributed by atoms with Gasteiger partial charge >= 0.3 is 0 Å². The summed E-state index contributed by atoms with van der Waals surface area (Å²) in [7, 11) is 0. The van der Waals surface area contributed by atoms with Crippen LogP contribution in [0.4, 0.5) is 0 Å². The van der Waals surface area contributed by atoms with Crippen LogP contribution < -0.4 is 0 Å². The predicted octanol–water partition coefficient (Wildman–Crippen LogP) is 11.8. The summed E-state index contributed by atoms with van der Waals surface area (Å²) >= 11 is 0. The molecule has 46 heavy (non-hydrogen) atoms. The molecule has 0 saturated heterocycles. The maximum absolute atomic E-state index is 2.48. The van der Waals surface area contributed by atoms with Crippen LogP contribution in [0, 0.1) is 0 Å². The van der Waals surface area contributed by atoms with Gasteiger partial charge in [0.15, 0.2) is 0 Å². The Morgan fingerprint density at radius 2 is 0.913 bits per heavy atom. The zero-order valence-corrected chi connectivity index (χ0v) is 24.9. The van der Waals surface area contributed by atoms with E-state index < -0.39 is 0 Å². The zero-order chi connectivity index (χ0) is 29.9. The number of fused-ring (bicyclic) bond motifs is 11. The monoisotopic (exact) mass is 582 g/mol. The first-order valence-electron chi connectivity index (χ1n) is 15.9. The number of aromatic nitrogens is 2. The van der Waals surface area contributed by atoms with Crippen molar-refractivity contribution in [2.45, 2.75) is 0 Å². The highest BCUT2D eigenvalue weighted by Crippen LogP contribution is 2.52. The largest absolute Gasteiger partial charge is 0.309 e. The summed E-state index contributed by atoms with van der Waals surface area (Å²) in [6.07, 6.45) is 0. The molecular weight excluding hydrogens is 556 g/mol. The highest BCUT2D eigenvalue weighted by Gasteiger charge is 2.26. The molecule has 0 spiro atoms. The molecule has 0 aliphatic heterocycles. The number of para-hydroxylation sites is 2. The standard InChI is InChI=1S/C44H26N2/c1-2-10-29-26-41-38(25-28(29)9-1)33-14-4-5-17-39(33)45(41)30-19-21-31(22-20-30)46-40-18-6-3-13-32(40)36-24-23-35-34-15-7-11-27-12-8-16-37(42(27)34)43(35)44(36)46/h1-26H. The van der Waals surface area contributed by atoms with E-state index in [1.807, 2.05) is 0 Å². The van der Waals surface area contributed by atoms with Gasteiger partial charge in [-0.2, -0.15) is 0 Å². The van der Waals surface area contributed by atoms with E-state index in [9.17, 15) is 0 Å². The second-order valence-electron chi connectivity index (χ2n) is 12.5. The van der Waals surface area contributed by atoms with Crippen molar-refractivity contribution < 1.29 is 0 Å². The van der Waals surface area contributed by atoms with Crippen LogP contribution in [0.1, 0.15) is 0 Å². The Morgan fingerprint density at radius 3 is 1.67 bits per heavy atom. The highest BCUT2D eigenvalue weighted by atomic mass is 15.0. The first-order chi connectivity index (χ1) is 22.8. The minimum atomic E-state index is 1.16.